The van der Waals surface area contributed by atoms with E-state index in [1.807, 2.05) is 23.6 Å². The maximum atomic E-state index is 4.68. The monoisotopic (exact) mass is 287 g/mol. The van der Waals surface area contributed by atoms with Crippen molar-refractivity contribution in [2.75, 3.05) is 26.2 Å². The van der Waals surface area contributed by atoms with E-state index < -0.39 is 0 Å². The first-order chi connectivity index (χ1) is 9.86. The first-order valence-corrected chi connectivity index (χ1v) is 8.14. The highest BCUT2D eigenvalue weighted by Gasteiger charge is 2.26. The molecule has 1 saturated heterocycles. The van der Waals surface area contributed by atoms with Gasteiger partial charge in [-0.15, -0.1) is 11.3 Å². The second-order valence-corrected chi connectivity index (χ2v) is 6.24. The minimum atomic E-state index is 0.302. The van der Waals surface area contributed by atoms with Crippen LogP contribution in [0.15, 0.2) is 35.8 Å². The molecule has 20 heavy (non-hydrogen) atoms. The Kier molecular flexibility index (Phi) is 4.45. The van der Waals surface area contributed by atoms with Crippen LogP contribution < -0.4 is 5.32 Å². The molecule has 1 N–H and O–H groups in total. The lowest BCUT2D eigenvalue weighted by molar-refractivity contribution is 0.239. The van der Waals surface area contributed by atoms with Gasteiger partial charge in [0.05, 0.1) is 11.7 Å². The normalized spacial score (nSPS) is 18.6. The van der Waals surface area contributed by atoms with Crippen molar-refractivity contribution in [3.63, 3.8) is 0 Å². The summed E-state index contributed by atoms with van der Waals surface area (Å²) in [5.74, 6) is 0. The van der Waals surface area contributed by atoms with E-state index in [0.29, 0.717) is 6.04 Å². The van der Waals surface area contributed by atoms with Crippen molar-refractivity contribution in [3.05, 3.63) is 52.0 Å². The summed E-state index contributed by atoms with van der Waals surface area (Å²) in [5.41, 5.74) is 2.49. The summed E-state index contributed by atoms with van der Waals surface area (Å²) in [5, 5.41) is 5.65. The molecule has 1 unspecified atom stereocenters. The number of rotatable bonds is 3. The number of aromatic nitrogens is 1. The summed E-state index contributed by atoms with van der Waals surface area (Å²) < 4.78 is 0. The molecule has 3 heterocycles. The SMILES string of the molecule is Cc1cccnc1C(c1cccs1)N1CCCNCC1. The molecule has 4 heteroatoms. The molecule has 0 spiro atoms. The highest BCUT2D eigenvalue weighted by molar-refractivity contribution is 7.10. The number of nitrogens with zero attached hydrogens (tertiary/aromatic N) is 2. The lowest BCUT2D eigenvalue weighted by Crippen LogP contribution is -2.33. The number of hydrogen-bond donors (Lipinski definition) is 1. The van der Waals surface area contributed by atoms with Crippen LogP contribution in [-0.2, 0) is 0 Å². The highest BCUT2D eigenvalue weighted by atomic mass is 32.1. The lowest BCUT2D eigenvalue weighted by atomic mass is 10.0. The van der Waals surface area contributed by atoms with Crippen molar-refractivity contribution >= 4 is 11.3 Å². The zero-order valence-electron chi connectivity index (χ0n) is 11.9. The molecule has 0 amide bonds. The third-order valence-corrected chi connectivity index (χ3v) is 4.79. The largest absolute Gasteiger partial charge is 0.315 e. The second-order valence-electron chi connectivity index (χ2n) is 5.26. The average Bonchev–Trinajstić information content (AvgIpc) is 2.85. The van der Waals surface area contributed by atoms with Crippen LogP contribution in [0.4, 0.5) is 0 Å². The number of hydrogen-bond acceptors (Lipinski definition) is 4. The van der Waals surface area contributed by atoms with Crippen molar-refractivity contribution in [2.45, 2.75) is 19.4 Å². The molecule has 106 valence electrons. The molecule has 0 aromatic carbocycles. The van der Waals surface area contributed by atoms with Gasteiger partial charge in [0.1, 0.15) is 0 Å². The molecule has 1 atom stereocenters. The van der Waals surface area contributed by atoms with Gasteiger partial charge in [-0.05, 0) is 43.0 Å². The standard InChI is InChI=1S/C16H21N3S/c1-13-5-2-8-18-15(13)16(14-6-3-12-20-14)19-10-4-7-17-9-11-19/h2-3,5-6,8,12,16-17H,4,7,9-11H2,1H3. The van der Waals surface area contributed by atoms with Crippen molar-refractivity contribution in [3.8, 4) is 0 Å². The maximum Gasteiger partial charge on any atom is 0.0873 e. The van der Waals surface area contributed by atoms with Gasteiger partial charge in [0, 0.05) is 30.7 Å². The third kappa shape index (κ3) is 2.92. The van der Waals surface area contributed by atoms with Crippen LogP contribution in [0.2, 0.25) is 0 Å². The van der Waals surface area contributed by atoms with Crippen molar-refractivity contribution in [2.24, 2.45) is 0 Å². The van der Waals surface area contributed by atoms with Crippen molar-refractivity contribution in [1.29, 1.82) is 0 Å². The molecule has 3 rings (SSSR count). The first-order valence-electron chi connectivity index (χ1n) is 7.26. The van der Waals surface area contributed by atoms with Gasteiger partial charge in [0.2, 0.25) is 0 Å². The zero-order valence-corrected chi connectivity index (χ0v) is 12.7. The first kappa shape index (κ1) is 13.7. The summed E-state index contributed by atoms with van der Waals surface area (Å²) in [6.07, 6.45) is 3.12. The van der Waals surface area contributed by atoms with Gasteiger partial charge in [0.25, 0.3) is 0 Å². The van der Waals surface area contributed by atoms with Crippen LogP contribution in [0.5, 0.6) is 0 Å². The topological polar surface area (TPSA) is 28.2 Å². The Morgan fingerprint density at radius 1 is 1.25 bits per heavy atom. The Hall–Kier alpha value is -1.23. The van der Waals surface area contributed by atoms with Crippen LogP contribution in [0, 0.1) is 6.92 Å². The summed E-state index contributed by atoms with van der Waals surface area (Å²) in [4.78, 5) is 8.65. The van der Waals surface area contributed by atoms with Crippen LogP contribution in [-0.4, -0.2) is 36.1 Å². The number of nitrogens with one attached hydrogen (secondary N) is 1. The molecule has 2 aromatic rings. The molecule has 1 fully saturated rings. The molecule has 0 saturated carbocycles. The minimum Gasteiger partial charge on any atom is -0.315 e. The predicted octanol–water partition coefficient (Wildman–Crippen LogP) is 2.84. The number of thiophene rings is 1. The van der Waals surface area contributed by atoms with E-state index in [-0.39, 0.29) is 0 Å². The zero-order chi connectivity index (χ0) is 13.8. The van der Waals surface area contributed by atoms with E-state index in [9.17, 15) is 0 Å². The molecule has 0 bridgehead atoms. The van der Waals surface area contributed by atoms with E-state index in [0.717, 1.165) is 26.2 Å². The molecule has 0 aliphatic carbocycles. The summed E-state index contributed by atoms with van der Waals surface area (Å²) in [6.45, 7) is 6.56. The fourth-order valence-corrected chi connectivity index (χ4v) is 3.70. The van der Waals surface area contributed by atoms with Crippen molar-refractivity contribution in [1.82, 2.24) is 15.2 Å². The van der Waals surface area contributed by atoms with Gasteiger partial charge < -0.3 is 5.32 Å². The Bertz CT molecular complexity index is 530. The molecule has 3 nitrogen and oxygen atoms in total. The summed E-state index contributed by atoms with van der Waals surface area (Å²) in [7, 11) is 0. The maximum absolute atomic E-state index is 4.68. The van der Waals surface area contributed by atoms with Gasteiger partial charge in [-0.25, -0.2) is 0 Å². The van der Waals surface area contributed by atoms with Gasteiger partial charge >= 0.3 is 0 Å². The predicted molar refractivity (Wildman–Crippen MR) is 84.2 cm³/mol. The molecular weight excluding hydrogens is 266 g/mol. The lowest BCUT2D eigenvalue weighted by Gasteiger charge is -2.30. The fourth-order valence-electron chi connectivity index (χ4n) is 2.84. The van der Waals surface area contributed by atoms with Gasteiger partial charge in [-0.2, -0.15) is 0 Å². The van der Waals surface area contributed by atoms with Crippen molar-refractivity contribution < 1.29 is 0 Å². The third-order valence-electron chi connectivity index (χ3n) is 3.86. The van der Waals surface area contributed by atoms with E-state index in [4.69, 9.17) is 0 Å². The highest BCUT2D eigenvalue weighted by Crippen LogP contribution is 2.32. The van der Waals surface area contributed by atoms with E-state index in [1.165, 1.54) is 22.6 Å². The summed E-state index contributed by atoms with van der Waals surface area (Å²) in [6, 6.07) is 8.87. The second kappa shape index (κ2) is 6.48. The van der Waals surface area contributed by atoms with Gasteiger partial charge in [-0.3, -0.25) is 9.88 Å². The molecule has 1 aliphatic rings. The minimum absolute atomic E-state index is 0.302. The Balaban J connectivity index is 1.98. The van der Waals surface area contributed by atoms with Crippen LogP contribution in [0.1, 0.15) is 28.6 Å². The fraction of sp³-hybridized carbons (Fsp3) is 0.438. The molecule has 2 aromatic heterocycles. The van der Waals surface area contributed by atoms with Crippen LogP contribution in [0.25, 0.3) is 0 Å². The van der Waals surface area contributed by atoms with E-state index >= 15 is 0 Å². The van der Waals surface area contributed by atoms with E-state index in [2.05, 4.69) is 45.7 Å². The molecule has 0 radical (unpaired) electrons. The Morgan fingerprint density at radius 3 is 3.00 bits per heavy atom. The van der Waals surface area contributed by atoms with Crippen LogP contribution in [0.3, 0.4) is 0 Å². The quantitative estimate of drug-likeness (QED) is 0.941. The summed E-state index contributed by atoms with van der Waals surface area (Å²) >= 11 is 1.83. The Labute approximate surface area is 124 Å². The Morgan fingerprint density at radius 2 is 2.20 bits per heavy atom. The van der Waals surface area contributed by atoms with Crippen LogP contribution >= 0.6 is 11.3 Å². The number of pyridine rings is 1. The molecule has 1 aliphatic heterocycles. The smallest absolute Gasteiger partial charge is 0.0873 e. The van der Waals surface area contributed by atoms with Gasteiger partial charge in [0.15, 0.2) is 0 Å². The average molecular weight is 287 g/mol. The van der Waals surface area contributed by atoms with Gasteiger partial charge in [-0.1, -0.05) is 12.1 Å². The number of aryl methyl sites for hydroxylation is 1. The molecular formula is C16H21N3S. The van der Waals surface area contributed by atoms with E-state index in [1.54, 1.807) is 0 Å².